The smallest absolute Gasteiger partial charge is 0.174 e. The zero-order valence-electron chi connectivity index (χ0n) is 15.4. The maximum Gasteiger partial charge on any atom is 0.174 e. The first-order valence-corrected chi connectivity index (χ1v) is 8.59. The summed E-state index contributed by atoms with van der Waals surface area (Å²) in [5.41, 5.74) is 2.18. The van der Waals surface area contributed by atoms with Crippen LogP contribution in [0, 0.1) is 0 Å². The van der Waals surface area contributed by atoms with E-state index in [4.69, 9.17) is 9.47 Å². The summed E-state index contributed by atoms with van der Waals surface area (Å²) in [7, 11) is 1.47. The molecular formula is C21H22O6. The number of carbonyl (C=O) groups excluding carboxylic acids is 1. The number of aromatic hydroxyl groups is 3. The van der Waals surface area contributed by atoms with Gasteiger partial charge in [-0.25, -0.2) is 0 Å². The van der Waals surface area contributed by atoms with Crippen molar-refractivity contribution >= 4 is 5.78 Å². The molecule has 0 aliphatic carbocycles. The first kappa shape index (κ1) is 18.6. The van der Waals surface area contributed by atoms with Crippen molar-refractivity contribution in [3.05, 3.63) is 52.6 Å². The molecule has 0 saturated heterocycles. The van der Waals surface area contributed by atoms with E-state index in [9.17, 15) is 20.1 Å². The number of rotatable bonds is 4. The second-order valence-corrected chi connectivity index (χ2v) is 6.74. The molecule has 2 aromatic carbocycles. The van der Waals surface area contributed by atoms with Crippen molar-refractivity contribution in [3.63, 3.8) is 0 Å². The largest absolute Gasteiger partial charge is 0.508 e. The van der Waals surface area contributed by atoms with E-state index in [-0.39, 0.29) is 40.8 Å². The van der Waals surface area contributed by atoms with Gasteiger partial charge in [0.15, 0.2) is 5.78 Å². The molecule has 0 amide bonds. The fourth-order valence-electron chi connectivity index (χ4n) is 3.17. The van der Waals surface area contributed by atoms with Crippen LogP contribution in [-0.2, 0) is 6.42 Å². The Bertz CT molecular complexity index is 925. The number of phenols is 3. The van der Waals surface area contributed by atoms with Crippen LogP contribution in [0.3, 0.4) is 0 Å². The van der Waals surface area contributed by atoms with E-state index in [2.05, 4.69) is 0 Å². The highest BCUT2D eigenvalue weighted by Gasteiger charge is 2.34. The summed E-state index contributed by atoms with van der Waals surface area (Å²) in [4.78, 5) is 12.7. The molecule has 3 N–H and O–H groups in total. The molecule has 2 aromatic rings. The highest BCUT2D eigenvalue weighted by Crippen LogP contribution is 2.46. The highest BCUT2D eigenvalue weighted by molar-refractivity contribution is 6.03. The van der Waals surface area contributed by atoms with Crippen molar-refractivity contribution in [1.82, 2.24) is 0 Å². The van der Waals surface area contributed by atoms with E-state index in [0.717, 1.165) is 5.57 Å². The topological polar surface area (TPSA) is 96.2 Å². The molecule has 6 heteroatoms. The molecule has 0 fully saturated rings. The molecule has 0 radical (unpaired) electrons. The number of fused-ring (bicyclic) bond motifs is 1. The summed E-state index contributed by atoms with van der Waals surface area (Å²) in [5, 5.41) is 30.1. The Labute approximate surface area is 157 Å². The molecule has 1 aliphatic heterocycles. The highest BCUT2D eigenvalue weighted by atomic mass is 16.5. The Morgan fingerprint density at radius 2 is 1.96 bits per heavy atom. The van der Waals surface area contributed by atoms with Crippen LogP contribution in [0.25, 0.3) is 0 Å². The van der Waals surface area contributed by atoms with Gasteiger partial charge in [0, 0.05) is 23.3 Å². The zero-order chi connectivity index (χ0) is 19.7. The fraction of sp³-hybridized carbons (Fsp3) is 0.286. The van der Waals surface area contributed by atoms with Gasteiger partial charge >= 0.3 is 0 Å². The van der Waals surface area contributed by atoms with Crippen molar-refractivity contribution in [2.24, 2.45) is 0 Å². The maximum atomic E-state index is 12.7. The molecule has 6 nitrogen and oxygen atoms in total. The van der Waals surface area contributed by atoms with Gasteiger partial charge in [0.2, 0.25) is 0 Å². The number of benzene rings is 2. The van der Waals surface area contributed by atoms with E-state index >= 15 is 0 Å². The average molecular weight is 370 g/mol. The molecule has 0 bridgehead atoms. The molecule has 1 aliphatic rings. The predicted octanol–water partition coefficient (Wildman–Crippen LogP) is 4.03. The summed E-state index contributed by atoms with van der Waals surface area (Å²) in [6, 6.07) is 5.75. The number of phenolic OH excluding ortho intramolecular Hbond substituents is 3. The van der Waals surface area contributed by atoms with Crippen molar-refractivity contribution < 1.29 is 29.6 Å². The van der Waals surface area contributed by atoms with E-state index in [1.165, 1.54) is 25.3 Å². The minimum atomic E-state index is -0.660. The van der Waals surface area contributed by atoms with E-state index < -0.39 is 6.10 Å². The lowest BCUT2D eigenvalue weighted by Crippen LogP contribution is -2.22. The van der Waals surface area contributed by atoms with Gasteiger partial charge in [-0.05, 0) is 32.4 Å². The monoisotopic (exact) mass is 370 g/mol. The second-order valence-electron chi connectivity index (χ2n) is 6.74. The molecular weight excluding hydrogens is 348 g/mol. The fourth-order valence-corrected chi connectivity index (χ4v) is 3.17. The van der Waals surface area contributed by atoms with Crippen molar-refractivity contribution in [1.29, 1.82) is 0 Å². The minimum absolute atomic E-state index is 0.00849. The first-order valence-electron chi connectivity index (χ1n) is 8.59. The SMILES string of the molecule is COc1cc(O)ccc1[C@@H]1CC(=O)c2c(O)cc(O)c(CC=C(C)C)c2O1. The number of methoxy groups -OCH3 is 1. The molecule has 0 aromatic heterocycles. The molecule has 142 valence electrons. The summed E-state index contributed by atoms with van der Waals surface area (Å²) >= 11 is 0. The predicted molar refractivity (Wildman–Crippen MR) is 99.9 cm³/mol. The van der Waals surface area contributed by atoms with Gasteiger partial charge < -0.3 is 24.8 Å². The summed E-state index contributed by atoms with van der Waals surface area (Å²) in [6.45, 7) is 3.86. The van der Waals surface area contributed by atoms with Crippen molar-refractivity contribution in [3.8, 4) is 28.7 Å². The van der Waals surface area contributed by atoms with Gasteiger partial charge in [-0.3, -0.25) is 4.79 Å². The number of hydrogen-bond acceptors (Lipinski definition) is 6. The second kappa shape index (κ2) is 7.23. The maximum absolute atomic E-state index is 12.7. The van der Waals surface area contributed by atoms with Crippen LogP contribution in [0.15, 0.2) is 35.9 Å². The van der Waals surface area contributed by atoms with Crippen molar-refractivity contribution in [2.45, 2.75) is 32.8 Å². The molecule has 27 heavy (non-hydrogen) atoms. The van der Waals surface area contributed by atoms with Crippen LogP contribution < -0.4 is 9.47 Å². The van der Waals surface area contributed by atoms with Crippen LogP contribution in [0.4, 0.5) is 0 Å². The molecule has 1 heterocycles. The van der Waals surface area contributed by atoms with E-state index in [1.807, 2.05) is 19.9 Å². The van der Waals surface area contributed by atoms with Crippen molar-refractivity contribution in [2.75, 3.05) is 7.11 Å². The molecule has 0 unspecified atom stereocenters. The average Bonchev–Trinajstić information content (AvgIpc) is 2.60. The lowest BCUT2D eigenvalue weighted by Gasteiger charge is -2.29. The van der Waals surface area contributed by atoms with Gasteiger partial charge in [0.25, 0.3) is 0 Å². The molecule has 1 atom stereocenters. The number of ether oxygens (including phenoxy) is 2. The first-order chi connectivity index (χ1) is 12.8. The van der Waals surface area contributed by atoms with Crippen LogP contribution in [0.2, 0.25) is 0 Å². The number of allylic oxidation sites excluding steroid dienone is 2. The van der Waals surface area contributed by atoms with Crippen LogP contribution >= 0.6 is 0 Å². The normalized spacial score (nSPS) is 15.7. The Morgan fingerprint density at radius 1 is 1.22 bits per heavy atom. The Balaban J connectivity index is 2.10. The third-order valence-corrected chi connectivity index (χ3v) is 4.53. The lowest BCUT2D eigenvalue weighted by atomic mass is 9.92. The van der Waals surface area contributed by atoms with Gasteiger partial charge in [-0.15, -0.1) is 0 Å². The number of ketones is 1. The number of Topliss-reactive ketones (excluding diaryl/α,β-unsaturated/α-hetero) is 1. The Hall–Kier alpha value is -3.15. The quantitative estimate of drug-likeness (QED) is 0.703. The summed E-state index contributed by atoms with van der Waals surface area (Å²) < 4.78 is 11.4. The number of carbonyl (C=O) groups is 1. The third-order valence-electron chi connectivity index (χ3n) is 4.53. The zero-order valence-corrected chi connectivity index (χ0v) is 15.4. The molecule has 0 spiro atoms. The van der Waals surface area contributed by atoms with Gasteiger partial charge in [0.05, 0.1) is 13.5 Å². The van der Waals surface area contributed by atoms with Crippen LogP contribution in [0.1, 0.15) is 47.9 Å². The molecule has 3 rings (SSSR count). The Kier molecular flexibility index (Phi) is 4.99. The summed E-state index contributed by atoms with van der Waals surface area (Å²) in [6.07, 6.45) is 1.62. The van der Waals surface area contributed by atoms with E-state index in [0.29, 0.717) is 23.3 Å². The number of hydrogen-bond donors (Lipinski definition) is 3. The molecule has 0 saturated carbocycles. The third kappa shape index (κ3) is 3.56. The van der Waals surface area contributed by atoms with E-state index in [1.54, 1.807) is 6.07 Å². The minimum Gasteiger partial charge on any atom is -0.508 e. The summed E-state index contributed by atoms with van der Waals surface area (Å²) in [5.74, 6) is -0.0997. The van der Waals surface area contributed by atoms with Gasteiger partial charge in [-0.1, -0.05) is 11.6 Å². The van der Waals surface area contributed by atoms with Gasteiger partial charge in [0.1, 0.15) is 40.4 Å². The Morgan fingerprint density at radius 3 is 2.63 bits per heavy atom. The standard InChI is InChI=1S/C21H22O6/c1-11(2)4-6-13-15(23)9-16(24)20-17(25)10-19(27-21(13)20)14-7-5-12(22)8-18(14)26-3/h4-5,7-9,19,22-24H,6,10H2,1-3H3/t19-/m0/s1. The van der Waals surface area contributed by atoms with Crippen LogP contribution in [-0.4, -0.2) is 28.2 Å². The van der Waals surface area contributed by atoms with Crippen LogP contribution in [0.5, 0.6) is 28.7 Å². The van der Waals surface area contributed by atoms with Gasteiger partial charge in [-0.2, -0.15) is 0 Å². The lowest BCUT2D eigenvalue weighted by molar-refractivity contribution is 0.0839.